The van der Waals surface area contributed by atoms with Crippen LogP contribution in [0.15, 0.2) is 27.9 Å². The van der Waals surface area contributed by atoms with Crippen molar-refractivity contribution in [3.63, 3.8) is 0 Å². The fourth-order valence-electron chi connectivity index (χ4n) is 0.315. The van der Waals surface area contributed by atoms with Crippen LogP contribution in [-0.2, 0) is 0 Å². The third-order valence-electron chi connectivity index (χ3n) is 0.585. The Kier molecular flexibility index (Phi) is 1.70. The first-order valence-electron chi connectivity index (χ1n) is 1.78. The molecule has 0 atom stereocenters. The Morgan fingerprint density at radius 3 is 2.86 bits per heavy atom. The Morgan fingerprint density at radius 2 is 2.57 bits per heavy atom. The molecule has 0 spiro atoms. The van der Waals surface area contributed by atoms with Gasteiger partial charge in [-0.05, 0) is 22.9 Å². The van der Waals surface area contributed by atoms with E-state index in [1.165, 1.54) is 10.8 Å². The predicted molar refractivity (Wildman–Crippen MR) is 33.6 cm³/mol. The standard InChI is InChI=1S/C4H4OS2/c6-7-4-2-1-3-5-4/h1-3,6H. The van der Waals surface area contributed by atoms with Crippen molar-refractivity contribution in [2.24, 2.45) is 0 Å². The molecule has 38 valence electrons. The van der Waals surface area contributed by atoms with Gasteiger partial charge in [-0.2, -0.15) is 0 Å². The van der Waals surface area contributed by atoms with E-state index in [0.29, 0.717) is 0 Å². The van der Waals surface area contributed by atoms with E-state index in [4.69, 9.17) is 4.42 Å². The average molecular weight is 132 g/mol. The fourth-order valence-corrected chi connectivity index (χ4v) is 0.865. The monoisotopic (exact) mass is 132 g/mol. The van der Waals surface area contributed by atoms with Crippen molar-refractivity contribution in [1.82, 2.24) is 0 Å². The van der Waals surface area contributed by atoms with E-state index >= 15 is 0 Å². The SMILES string of the molecule is SSc1ccco1. The molecule has 1 heterocycles. The summed E-state index contributed by atoms with van der Waals surface area (Å²) in [6.45, 7) is 0. The van der Waals surface area contributed by atoms with Crippen molar-refractivity contribution in [2.75, 3.05) is 0 Å². The van der Waals surface area contributed by atoms with Crippen molar-refractivity contribution in [1.29, 1.82) is 0 Å². The van der Waals surface area contributed by atoms with E-state index in [0.717, 1.165) is 5.09 Å². The summed E-state index contributed by atoms with van der Waals surface area (Å²) in [5.74, 6) is 0. The van der Waals surface area contributed by atoms with Crippen LogP contribution in [0, 0.1) is 0 Å². The van der Waals surface area contributed by atoms with E-state index in [1.807, 2.05) is 12.1 Å². The highest BCUT2D eigenvalue weighted by molar-refractivity contribution is 8.68. The molecule has 0 unspecified atom stereocenters. The van der Waals surface area contributed by atoms with Gasteiger partial charge in [-0.1, -0.05) is 0 Å². The summed E-state index contributed by atoms with van der Waals surface area (Å²) in [7, 11) is 1.30. The molecule has 0 amide bonds. The summed E-state index contributed by atoms with van der Waals surface area (Å²) in [6.07, 6.45) is 1.62. The van der Waals surface area contributed by atoms with Crippen LogP contribution in [0.3, 0.4) is 0 Å². The lowest BCUT2D eigenvalue weighted by Gasteiger charge is -1.77. The summed E-state index contributed by atoms with van der Waals surface area (Å²) in [6, 6.07) is 3.69. The fraction of sp³-hybridized carbons (Fsp3) is 0. The Balaban J connectivity index is 2.76. The Hall–Kier alpha value is -0.0200. The lowest BCUT2D eigenvalue weighted by atomic mass is 10.7. The second kappa shape index (κ2) is 2.33. The summed E-state index contributed by atoms with van der Waals surface area (Å²) < 4.78 is 4.87. The highest BCUT2D eigenvalue weighted by atomic mass is 33.1. The zero-order valence-corrected chi connectivity index (χ0v) is 5.21. The van der Waals surface area contributed by atoms with Gasteiger partial charge >= 0.3 is 0 Å². The van der Waals surface area contributed by atoms with Crippen molar-refractivity contribution in [3.8, 4) is 0 Å². The van der Waals surface area contributed by atoms with Gasteiger partial charge in [0.15, 0.2) is 5.09 Å². The number of thiol groups is 1. The predicted octanol–water partition coefficient (Wildman–Crippen LogP) is 2.22. The molecule has 1 rings (SSSR count). The maximum Gasteiger partial charge on any atom is 0.170 e. The molecule has 0 aliphatic carbocycles. The van der Waals surface area contributed by atoms with Crippen molar-refractivity contribution in [3.05, 3.63) is 18.4 Å². The molecule has 0 radical (unpaired) electrons. The van der Waals surface area contributed by atoms with Gasteiger partial charge in [0.25, 0.3) is 0 Å². The molecule has 0 saturated carbocycles. The lowest BCUT2D eigenvalue weighted by Crippen LogP contribution is -1.44. The Morgan fingerprint density at radius 1 is 1.71 bits per heavy atom. The lowest BCUT2D eigenvalue weighted by molar-refractivity contribution is 0.476. The number of hydrogen-bond acceptors (Lipinski definition) is 3. The van der Waals surface area contributed by atoms with Crippen LogP contribution >= 0.6 is 22.5 Å². The first-order chi connectivity index (χ1) is 3.43. The molecule has 0 saturated heterocycles. The quantitative estimate of drug-likeness (QED) is 0.465. The van der Waals surface area contributed by atoms with Crippen LogP contribution in [0.1, 0.15) is 0 Å². The van der Waals surface area contributed by atoms with Crippen LogP contribution < -0.4 is 0 Å². The molecule has 7 heavy (non-hydrogen) atoms. The summed E-state index contributed by atoms with van der Waals surface area (Å²) in [5.41, 5.74) is 0. The molecule has 0 fully saturated rings. The normalized spacial score (nSPS) is 9.29. The molecular weight excluding hydrogens is 128 g/mol. The van der Waals surface area contributed by atoms with Gasteiger partial charge in [0.2, 0.25) is 0 Å². The third-order valence-corrected chi connectivity index (χ3v) is 1.54. The van der Waals surface area contributed by atoms with Gasteiger partial charge < -0.3 is 4.42 Å². The molecule has 1 aromatic rings. The largest absolute Gasteiger partial charge is 0.457 e. The van der Waals surface area contributed by atoms with E-state index in [2.05, 4.69) is 11.7 Å². The highest BCUT2D eigenvalue weighted by Gasteiger charge is 1.86. The van der Waals surface area contributed by atoms with E-state index in [-0.39, 0.29) is 0 Å². The zero-order valence-electron chi connectivity index (χ0n) is 3.50. The van der Waals surface area contributed by atoms with Gasteiger partial charge in [-0.25, -0.2) is 0 Å². The van der Waals surface area contributed by atoms with E-state index in [1.54, 1.807) is 6.26 Å². The first kappa shape index (κ1) is 5.12. The van der Waals surface area contributed by atoms with Gasteiger partial charge in [-0.3, -0.25) is 0 Å². The van der Waals surface area contributed by atoms with Gasteiger partial charge in [0.05, 0.1) is 6.26 Å². The van der Waals surface area contributed by atoms with Crippen LogP contribution in [-0.4, -0.2) is 0 Å². The molecule has 1 nitrogen and oxygen atoms in total. The number of furan rings is 1. The van der Waals surface area contributed by atoms with E-state index < -0.39 is 0 Å². The van der Waals surface area contributed by atoms with Gasteiger partial charge in [0.1, 0.15) is 0 Å². The molecule has 0 aromatic carbocycles. The van der Waals surface area contributed by atoms with E-state index in [9.17, 15) is 0 Å². The zero-order chi connectivity index (χ0) is 5.11. The van der Waals surface area contributed by atoms with Crippen LogP contribution in [0.25, 0.3) is 0 Å². The highest BCUT2D eigenvalue weighted by Crippen LogP contribution is 2.20. The molecule has 3 heteroatoms. The maximum absolute atomic E-state index is 4.87. The van der Waals surface area contributed by atoms with Crippen LogP contribution in [0.2, 0.25) is 0 Å². The minimum absolute atomic E-state index is 0.836. The minimum atomic E-state index is 0.836. The molecule has 0 aliphatic rings. The van der Waals surface area contributed by atoms with Crippen molar-refractivity contribution < 1.29 is 4.42 Å². The first-order valence-corrected chi connectivity index (χ1v) is 3.65. The van der Waals surface area contributed by atoms with Crippen molar-refractivity contribution in [2.45, 2.75) is 5.09 Å². The van der Waals surface area contributed by atoms with Crippen LogP contribution in [0.4, 0.5) is 0 Å². The number of rotatable bonds is 1. The van der Waals surface area contributed by atoms with Crippen molar-refractivity contribution >= 4 is 22.5 Å². The second-order valence-corrected chi connectivity index (χ2v) is 2.16. The van der Waals surface area contributed by atoms with Crippen LogP contribution in [0.5, 0.6) is 0 Å². The summed E-state index contributed by atoms with van der Waals surface area (Å²) >= 11 is 3.90. The van der Waals surface area contributed by atoms with Gasteiger partial charge in [0, 0.05) is 0 Å². The average Bonchev–Trinajstić information content (AvgIpc) is 2.14. The summed E-state index contributed by atoms with van der Waals surface area (Å²) in [5, 5.41) is 0.836. The molecule has 1 aromatic heterocycles. The Labute approximate surface area is 50.9 Å². The number of hydrogen-bond donors (Lipinski definition) is 1. The minimum Gasteiger partial charge on any atom is -0.457 e. The topological polar surface area (TPSA) is 13.1 Å². The maximum atomic E-state index is 4.87. The molecule has 0 bridgehead atoms. The molecule has 0 aliphatic heterocycles. The third kappa shape index (κ3) is 1.17. The Bertz CT molecular complexity index is 124. The van der Waals surface area contributed by atoms with Gasteiger partial charge in [-0.15, -0.1) is 11.7 Å². The molecular formula is C4H4OS2. The molecule has 0 N–H and O–H groups in total. The second-order valence-electron chi connectivity index (χ2n) is 1.02. The summed E-state index contributed by atoms with van der Waals surface area (Å²) in [4.78, 5) is 0. The smallest absolute Gasteiger partial charge is 0.170 e.